The van der Waals surface area contributed by atoms with Gasteiger partial charge in [-0.25, -0.2) is 0 Å². The summed E-state index contributed by atoms with van der Waals surface area (Å²) in [4.78, 5) is 11.4. The van der Waals surface area contributed by atoms with E-state index >= 15 is 0 Å². The summed E-state index contributed by atoms with van der Waals surface area (Å²) in [5, 5.41) is 26.7. The van der Waals surface area contributed by atoms with Gasteiger partial charge in [0.2, 0.25) is 0 Å². The van der Waals surface area contributed by atoms with Crippen LogP contribution in [0.4, 0.5) is 0 Å². The van der Waals surface area contributed by atoms with Crippen LogP contribution >= 0.6 is 11.6 Å². The van der Waals surface area contributed by atoms with E-state index in [0.717, 1.165) is 12.8 Å². The van der Waals surface area contributed by atoms with Gasteiger partial charge in [0, 0.05) is 29.8 Å². The van der Waals surface area contributed by atoms with Gasteiger partial charge < -0.3 is 10.5 Å². The largest absolute Gasteiger partial charge is 0.619 e. The molecule has 2 unspecified atom stereocenters. The Kier molecular flexibility index (Phi) is 2.87. The molecule has 1 N–H and O–H groups in total. The predicted molar refractivity (Wildman–Crippen MR) is 68.3 cm³/mol. The lowest BCUT2D eigenvalue weighted by molar-refractivity contribution is -0.615. The second kappa shape index (κ2) is 4.31. The van der Waals surface area contributed by atoms with Crippen molar-refractivity contribution in [1.82, 2.24) is 5.32 Å². The zero-order valence-electron chi connectivity index (χ0n) is 10.2. The van der Waals surface area contributed by atoms with Crippen LogP contribution in [0.3, 0.4) is 0 Å². The fourth-order valence-corrected chi connectivity index (χ4v) is 3.60. The lowest BCUT2D eigenvalue weighted by Gasteiger charge is -2.33. The molecule has 7 heteroatoms. The Hall–Kier alpha value is -1.40. The average molecular weight is 284 g/mol. The van der Waals surface area contributed by atoms with Crippen LogP contribution in [-0.2, 0) is 5.54 Å². The number of fused-ring (bicyclic) bond motifs is 2. The van der Waals surface area contributed by atoms with Crippen molar-refractivity contribution >= 4 is 11.6 Å². The number of pyridine rings is 1. The lowest BCUT2D eigenvalue weighted by Crippen LogP contribution is -2.51. The zero-order chi connectivity index (χ0) is 13.6. The molecule has 2 aliphatic heterocycles. The Bertz CT molecular complexity index is 505. The normalized spacial score (nSPS) is 33.3. The Balaban J connectivity index is 2.08. The van der Waals surface area contributed by atoms with Crippen LogP contribution in [0.2, 0.25) is 5.02 Å². The van der Waals surface area contributed by atoms with Crippen LogP contribution in [0.25, 0.3) is 0 Å². The van der Waals surface area contributed by atoms with E-state index in [-0.39, 0.29) is 22.0 Å². The van der Waals surface area contributed by atoms with Gasteiger partial charge in [-0.1, -0.05) is 11.6 Å². The van der Waals surface area contributed by atoms with Crippen molar-refractivity contribution < 1.29 is 9.65 Å². The van der Waals surface area contributed by atoms with E-state index in [9.17, 15) is 15.3 Å². The molecule has 1 aromatic rings. The van der Waals surface area contributed by atoms with Gasteiger partial charge in [0.1, 0.15) is 5.02 Å². The highest BCUT2D eigenvalue weighted by Gasteiger charge is 2.54. The molecular formula is C12H14ClN3O3. The van der Waals surface area contributed by atoms with Crippen LogP contribution in [0.5, 0.6) is 0 Å². The van der Waals surface area contributed by atoms with Crippen molar-refractivity contribution in [2.45, 2.75) is 43.3 Å². The highest BCUT2D eigenvalue weighted by Crippen LogP contribution is 2.43. The third-order valence-electron chi connectivity index (χ3n) is 4.20. The fraction of sp³-hybridized carbons (Fsp3) is 0.583. The van der Waals surface area contributed by atoms with Crippen molar-refractivity contribution in [3.05, 3.63) is 44.4 Å². The molecule has 0 aliphatic carbocycles. The molecule has 0 aromatic carbocycles. The van der Waals surface area contributed by atoms with E-state index in [1.165, 1.54) is 12.4 Å². The van der Waals surface area contributed by atoms with Crippen LogP contribution < -0.4 is 10.0 Å². The first-order valence-electron chi connectivity index (χ1n) is 6.30. The van der Waals surface area contributed by atoms with Gasteiger partial charge in [-0.15, -0.1) is 0 Å². The molecule has 0 spiro atoms. The maximum Gasteiger partial charge on any atom is 0.255 e. The van der Waals surface area contributed by atoms with Gasteiger partial charge in [-0.05, 0) is 18.9 Å². The Morgan fingerprint density at radius 2 is 2.00 bits per heavy atom. The lowest BCUT2D eigenvalue weighted by atomic mass is 9.79. The summed E-state index contributed by atoms with van der Waals surface area (Å²) >= 11 is 5.87. The molecule has 0 saturated carbocycles. The van der Waals surface area contributed by atoms with Gasteiger partial charge in [0.15, 0.2) is 12.4 Å². The van der Waals surface area contributed by atoms with Gasteiger partial charge >= 0.3 is 0 Å². The summed E-state index contributed by atoms with van der Waals surface area (Å²) in [6, 6.07) is 1.86. The van der Waals surface area contributed by atoms with E-state index in [0.29, 0.717) is 23.1 Å². The van der Waals surface area contributed by atoms with E-state index < -0.39 is 5.54 Å². The third kappa shape index (κ3) is 2.04. The first kappa shape index (κ1) is 12.6. The summed E-state index contributed by atoms with van der Waals surface area (Å²) in [6.45, 7) is 0. The van der Waals surface area contributed by atoms with Crippen LogP contribution in [0.1, 0.15) is 31.2 Å². The summed E-state index contributed by atoms with van der Waals surface area (Å²) < 4.78 is 0.548. The molecule has 2 bridgehead atoms. The number of nitrogens with one attached hydrogen (secondary N) is 1. The van der Waals surface area contributed by atoms with Gasteiger partial charge in [0.25, 0.3) is 5.54 Å². The molecule has 3 rings (SSSR count). The molecule has 2 fully saturated rings. The number of piperidine rings is 1. The average Bonchev–Trinajstić information content (AvgIpc) is 2.67. The number of hydrogen-bond donors (Lipinski definition) is 1. The molecule has 6 nitrogen and oxygen atoms in total. The molecule has 19 heavy (non-hydrogen) atoms. The number of nitrogens with zero attached hydrogens (tertiary/aromatic N) is 2. The number of aromatic nitrogens is 1. The molecule has 102 valence electrons. The second-order valence-electron chi connectivity index (χ2n) is 5.44. The highest BCUT2D eigenvalue weighted by atomic mass is 35.5. The topological polar surface area (TPSA) is 82.1 Å². The Labute approximate surface area is 115 Å². The molecule has 0 radical (unpaired) electrons. The van der Waals surface area contributed by atoms with E-state index in [1.54, 1.807) is 6.07 Å². The molecule has 2 saturated heterocycles. The van der Waals surface area contributed by atoms with E-state index in [2.05, 4.69) is 5.32 Å². The molecule has 1 aromatic heterocycles. The van der Waals surface area contributed by atoms with Crippen molar-refractivity contribution in [2.24, 2.45) is 0 Å². The van der Waals surface area contributed by atoms with E-state index in [4.69, 9.17) is 11.6 Å². The molecule has 3 heterocycles. The maximum absolute atomic E-state index is 11.6. The van der Waals surface area contributed by atoms with Crippen LogP contribution in [0, 0.1) is 15.3 Å². The van der Waals surface area contributed by atoms with Crippen molar-refractivity contribution in [2.75, 3.05) is 0 Å². The van der Waals surface area contributed by atoms with Crippen molar-refractivity contribution in [1.29, 1.82) is 0 Å². The minimum absolute atomic E-state index is 0.156. The Morgan fingerprint density at radius 1 is 1.37 bits per heavy atom. The third-order valence-corrected chi connectivity index (χ3v) is 4.41. The SMILES string of the molecule is O=[N+]([O-])C1(c2cc(Cl)c[n+]([O-])c2)CC2CCC(C1)N2. The van der Waals surface area contributed by atoms with Crippen LogP contribution in [-0.4, -0.2) is 17.0 Å². The number of rotatable bonds is 2. The number of nitro groups is 1. The molecular weight excluding hydrogens is 270 g/mol. The Morgan fingerprint density at radius 3 is 2.53 bits per heavy atom. The van der Waals surface area contributed by atoms with Crippen molar-refractivity contribution in [3.63, 3.8) is 0 Å². The molecule has 2 atom stereocenters. The zero-order valence-corrected chi connectivity index (χ0v) is 11.0. The highest BCUT2D eigenvalue weighted by molar-refractivity contribution is 6.30. The van der Waals surface area contributed by atoms with Gasteiger partial charge in [-0.3, -0.25) is 10.1 Å². The van der Waals surface area contributed by atoms with E-state index in [1.807, 2.05) is 0 Å². The summed E-state index contributed by atoms with van der Waals surface area (Å²) in [5.41, 5.74) is -0.771. The number of halogens is 1. The summed E-state index contributed by atoms with van der Waals surface area (Å²) in [5.74, 6) is 0. The molecule has 0 amide bonds. The van der Waals surface area contributed by atoms with Gasteiger partial charge in [-0.2, -0.15) is 4.73 Å². The minimum atomic E-state index is -1.19. The number of hydrogen-bond acceptors (Lipinski definition) is 4. The van der Waals surface area contributed by atoms with Gasteiger partial charge in [0.05, 0.1) is 5.56 Å². The van der Waals surface area contributed by atoms with Crippen molar-refractivity contribution in [3.8, 4) is 0 Å². The maximum atomic E-state index is 11.6. The minimum Gasteiger partial charge on any atom is -0.619 e. The second-order valence-corrected chi connectivity index (χ2v) is 5.87. The standard InChI is InChI=1S/C12H14ClN3O3/c13-9-3-8(6-15(17)7-9)12(16(18)19)4-10-1-2-11(5-12)14-10/h3,6-7,10-11,14H,1-2,4-5H2. The quantitative estimate of drug-likeness (QED) is 0.384. The fourth-order valence-electron chi connectivity index (χ4n) is 3.39. The van der Waals surface area contributed by atoms with Crippen LogP contribution in [0.15, 0.2) is 18.5 Å². The smallest absolute Gasteiger partial charge is 0.255 e. The summed E-state index contributed by atoms with van der Waals surface area (Å²) in [6.07, 6.45) is 5.22. The molecule has 2 aliphatic rings. The monoisotopic (exact) mass is 283 g/mol. The first-order chi connectivity index (χ1) is 8.99. The predicted octanol–water partition coefficient (Wildman–Crippen LogP) is 1.36. The summed E-state index contributed by atoms with van der Waals surface area (Å²) in [7, 11) is 0. The first-order valence-corrected chi connectivity index (χ1v) is 6.68.